The van der Waals surface area contributed by atoms with E-state index in [2.05, 4.69) is 5.32 Å². The molecule has 0 aliphatic rings. The van der Waals surface area contributed by atoms with Crippen LogP contribution in [0.1, 0.15) is 23.7 Å². The van der Waals surface area contributed by atoms with Gasteiger partial charge in [0.05, 0.1) is 17.4 Å². The number of para-hydroxylation sites is 1. The second kappa shape index (κ2) is 8.13. The summed E-state index contributed by atoms with van der Waals surface area (Å²) in [5.74, 6) is -2.28. The maximum absolute atomic E-state index is 12.8. The van der Waals surface area contributed by atoms with Crippen LogP contribution in [0, 0.1) is 0 Å². The Kier molecular flexibility index (Phi) is 6.16. The molecular formula is C16H15F3N2O3S. The molecule has 0 radical (unpaired) electrons. The fraction of sp³-hybridized carbons (Fsp3) is 0.250. The van der Waals surface area contributed by atoms with Gasteiger partial charge in [0.25, 0.3) is 0 Å². The lowest BCUT2D eigenvalue weighted by Gasteiger charge is -2.13. The van der Waals surface area contributed by atoms with Crippen molar-refractivity contribution in [2.45, 2.75) is 18.7 Å². The molecule has 2 rings (SSSR count). The van der Waals surface area contributed by atoms with Crippen LogP contribution >= 0.6 is 11.3 Å². The molecule has 9 heteroatoms. The third kappa shape index (κ3) is 5.30. The number of halogens is 3. The number of thiophene rings is 1. The number of rotatable bonds is 5. The Labute approximate surface area is 145 Å². The average Bonchev–Trinajstić information content (AvgIpc) is 3.08. The molecule has 0 saturated carbocycles. The Bertz CT molecular complexity index is 732. The van der Waals surface area contributed by atoms with E-state index in [0.29, 0.717) is 5.56 Å². The number of aliphatic hydroxyl groups excluding tert-OH is 1. The minimum absolute atomic E-state index is 0.00415. The molecule has 134 valence electrons. The topological polar surface area (TPSA) is 78.4 Å². The molecule has 25 heavy (non-hydrogen) atoms. The molecule has 0 spiro atoms. The summed E-state index contributed by atoms with van der Waals surface area (Å²) in [5.41, 5.74) is -0.833. The maximum atomic E-state index is 12.8. The molecule has 1 unspecified atom stereocenters. The van der Waals surface area contributed by atoms with Crippen LogP contribution in [0.15, 0.2) is 41.1 Å². The number of anilines is 1. The summed E-state index contributed by atoms with van der Waals surface area (Å²) in [6, 6.07) is 6.11. The molecule has 1 aromatic carbocycles. The Hall–Kier alpha value is -2.39. The summed E-state index contributed by atoms with van der Waals surface area (Å²) >= 11 is 1.41. The van der Waals surface area contributed by atoms with E-state index in [1.54, 1.807) is 16.8 Å². The molecule has 0 bridgehead atoms. The van der Waals surface area contributed by atoms with Crippen molar-refractivity contribution in [1.82, 2.24) is 5.32 Å². The van der Waals surface area contributed by atoms with Gasteiger partial charge in [0.15, 0.2) is 0 Å². The highest BCUT2D eigenvalue weighted by Gasteiger charge is 2.34. The van der Waals surface area contributed by atoms with Crippen molar-refractivity contribution in [2.75, 3.05) is 11.9 Å². The van der Waals surface area contributed by atoms with E-state index in [1.807, 2.05) is 5.32 Å². The third-order valence-corrected chi connectivity index (χ3v) is 4.02. The number of hydrogen-bond donors (Lipinski definition) is 3. The van der Waals surface area contributed by atoms with Gasteiger partial charge < -0.3 is 15.7 Å². The van der Waals surface area contributed by atoms with Gasteiger partial charge in [-0.3, -0.25) is 9.59 Å². The zero-order valence-corrected chi connectivity index (χ0v) is 13.7. The summed E-state index contributed by atoms with van der Waals surface area (Å²) in [7, 11) is 0. The first-order valence-corrected chi connectivity index (χ1v) is 8.19. The number of amides is 2. The van der Waals surface area contributed by atoms with Crippen LogP contribution in [0.3, 0.4) is 0 Å². The fourth-order valence-electron chi connectivity index (χ4n) is 2.05. The van der Waals surface area contributed by atoms with Crippen LogP contribution in [0.2, 0.25) is 0 Å². The van der Waals surface area contributed by atoms with Crippen LogP contribution in [0.5, 0.6) is 0 Å². The molecule has 1 atom stereocenters. The quantitative estimate of drug-likeness (QED) is 0.706. The normalized spacial score (nSPS) is 12.5. The van der Waals surface area contributed by atoms with Crippen LogP contribution in [0.4, 0.5) is 18.9 Å². The van der Waals surface area contributed by atoms with Crippen molar-refractivity contribution in [3.05, 3.63) is 52.2 Å². The van der Waals surface area contributed by atoms with Crippen molar-refractivity contribution in [2.24, 2.45) is 0 Å². The number of alkyl halides is 3. The second-order valence-corrected chi connectivity index (χ2v) is 5.89. The molecule has 3 N–H and O–H groups in total. The average molecular weight is 372 g/mol. The monoisotopic (exact) mass is 372 g/mol. The third-order valence-electron chi connectivity index (χ3n) is 3.32. The van der Waals surface area contributed by atoms with Gasteiger partial charge in [-0.05, 0) is 40.9 Å². The van der Waals surface area contributed by atoms with Gasteiger partial charge in [0.1, 0.15) is 0 Å². The first kappa shape index (κ1) is 18.9. The van der Waals surface area contributed by atoms with E-state index in [4.69, 9.17) is 0 Å². The fourth-order valence-corrected chi connectivity index (χ4v) is 2.76. The summed E-state index contributed by atoms with van der Waals surface area (Å²) < 4.78 is 38.5. The smallest absolute Gasteiger partial charge is 0.388 e. The van der Waals surface area contributed by atoms with Crippen molar-refractivity contribution in [1.29, 1.82) is 0 Å². The van der Waals surface area contributed by atoms with Crippen molar-refractivity contribution >= 4 is 28.8 Å². The van der Waals surface area contributed by atoms with Gasteiger partial charge in [-0.15, -0.1) is 0 Å². The molecule has 2 aromatic rings. The number of hydrogen-bond acceptors (Lipinski definition) is 4. The van der Waals surface area contributed by atoms with E-state index < -0.39 is 35.3 Å². The van der Waals surface area contributed by atoms with E-state index >= 15 is 0 Å². The zero-order valence-electron chi connectivity index (χ0n) is 12.8. The van der Waals surface area contributed by atoms with Crippen molar-refractivity contribution < 1.29 is 27.9 Å². The van der Waals surface area contributed by atoms with Gasteiger partial charge in [0, 0.05) is 6.54 Å². The van der Waals surface area contributed by atoms with Crippen LogP contribution in [0.25, 0.3) is 0 Å². The van der Waals surface area contributed by atoms with Gasteiger partial charge in [0.2, 0.25) is 0 Å². The molecule has 1 heterocycles. The molecule has 1 aromatic heterocycles. The van der Waals surface area contributed by atoms with E-state index in [0.717, 1.165) is 12.1 Å². The van der Waals surface area contributed by atoms with E-state index in [9.17, 15) is 27.9 Å². The highest BCUT2D eigenvalue weighted by Crippen LogP contribution is 2.34. The first-order valence-electron chi connectivity index (χ1n) is 7.24. The summed E-state index contributed by atoms with van der Waals surface area (Å²) in [5, 5.41) is 17.6. The Morgan fingerprint density at radius 2 is 1.88 bits per heavy atom. The SMILES string of the molecule is O=C(NCCC(O)c1ccsc1)C(=O)Nc1ccccc1C(F)(F)F. The second-order valence-electron chi connectivity index (χ2n) is 5.11. The van der Waals surface area contributed by atoms with Crippen LogP contribution < -0.4 is 10.6 Å². The lowest BCUT2D eigenvalue weighted by Crippen LogP contribution is -2.36. The van der Waals surface area contributed by atoms with Gasteiger partial charge >= 0.3 is 18.0 Å². The maximum Gasteiger partial charge on any atom is 0.418 e. The molecule has 2 amide bonds. The Morgan fingerprint density at radius 3 is 2.52 bits per heavy atom. The highest BCUT2D eigenvalue weighted by molar-refractivity contribution is 7.07. The molecule has 5 nitrogen and oxygen atoms in total. The summed E-state index contributed by atoms with van der Waals surface area (Å²) in [6.45, 7) is 0.00415. The number of aliphatic hydroxyl groups is 1. The molecular weight excluding hydrogens is 357 g/mol. The van der Waals surface area contributed by atoms with Gasteiger partial charge in [-0.2, -0.15) is 24.5 Å². The Morgan fingerprint density at radius 1 is 1.16 bits per heavy atom. The van der Waals surface area contributed by atoms with Gasteiger partial charge in [-0.1, -0.05) is 12.1 Å². The molecule has 0 aliphatic heterocycles. The van der Waals surface area contributed by atoms with Crippen molar-refractivity contribution in [3.63, 3.8) is 0 Å². The number of benzene rings is 1. The van der Waals surface area contributed by atoms with Crippen LogP contribution in [-0.2, 0) is 15.8 Å². The van der Waals surface area contributed by atoms with E-state index in [-0.39, 0.29) is 13.0 Å². The zero-order chi connectivity index (χ0) is 18.4. The molecule has 0 aliphatic carbocycles. The minimum atomic E-state index is -4.65. The summed E-state index contributed by atoms with van der Waals surface area (Å²) in [6.07, 6.45) is -5.26. The summed E-state index contributed by atoms with van der Waals surface area (Å²) in [4.78, 5) is 23.4. The Balaban J connectivity index is 1.88. The standard InChI is InChI=1S/C16H15F3N2O3S/c17-16(18,19)11-3-1-2-4-12(11)21-15(24)14(23)20-7-5-13(22)10-6-8-25-9-10/h1-4,6,8-9,13,22H,5,7H2,(H,20,23)(H,21,24). The minimum Gasteiger partial charge on any atom is -0.388 e. The first-order chi connectivity index (χ1) is 11.8. The predicted molar refractivity (Wildman–Crippen MR) is 87.0 cm³/mol. The molecule has 0 fully saturated rings. The lowest BCUT2D eigenvalue weighted by molar-refractivity contribution is -0.138. The lowest BCUT2D eigenvalue weighted by atomic mass is 10.1. The van der Waals surface area contributed by atoms with E-state index in [1.165, 1.54) is 23.5 Å². The van der Waals surface area contributed by atoms with Crippen LogP contribution in [-0.4, -0.2) is 23.5 Å². The largest absolute Gasteiger partial charge is 0.418 e. The molecule has 0 saturated heterocycles. The van der Waals surface area contributed by atoms with Gasteiger partial charge in [-0.25, -0.2) is 0 Å². The van der Waals surface area contributed by atoms with Crippen molar-refractivity contribution in [3.8, 4) is 0 Å². The highest BCUT2D eigenvalue weighted by atomic mass is 32.1. The predicted octanol–water partition coefficient (Wildman–Crippen LogP) is 2.95. The number of carbonyl (C=O) groups is 2. The number of nitrogens with one attached hydrogen (secondary N) is 2. The number of carbonyl (C=O) groups excluding carboxylic acids is 2.